The Kier molecular flexibility index (Phi) is 5.57. The van der Waals surface area contributed by atoms with Crippen molar-refractivity contribution < 1.29 is 14.6 Å². The van der Waals surface area contributed by atoms with Gasteiger partial charge in [-0.1, -0.05) is 32.1 Å². The summed E-state index contributed by atoms with van der Waals surface area (Å²) in [6, 6.07) is 5.78. The van der Waals surface area contributed by atoms with Gasteiger partial charge in [-0.3, -0.25) is 0 Å². The van der Waals surface area contributed by atoms with E-state index < -0.39 is 0 Å². The van der Waals surface area contributed by atoms with E-state index in [0.717, 1.165) is 23.5 Å². The number of hydrogen-bond donors (Lipinski definition) is 1. The monoisotopic (exact) mass is 236 g/mol. The standard InChI is InChI=1S/C12H14O3.C2H6/c1-2-4-9-5-3-6-11-12(9)15-10(7-13)8-14-11;1-2/h2-3,5-6,10,13H,1,4,7-8H2;1-2H3. The van der Waals surface area contributed by atoms with Gasteiger partial charge in [0.25, 0.3) is 0 Å². The molecule has 0 fully saturated rings. The maximum absolute atomic E-state index is 9.01. The van der Waals surface area contributed by atoms with Gasteiger partial charge < -0.3 is 14.6 Å². The van der Waals surface area contributed by atoms with Gasteiger partial charge in [0.05, 0.1) is 6.61 Å². The summed E-state index contributed by atoms with van der Waals surface area (Å²) in [6.07, 6.45) is 2.30. The van der Waals surface area contributed by atoms with Crippen molar-refractivity contribution in [1.82, 2.24) is 0 Å². The van der Waals surface area contributed by atoms with Crippen molar-refractivity contribution in [2.24, 2.45) is 0 Å². The molecule has 2 rings (SSSR count). The second kappa shape index (κ2) is 6.97. The summed E-state index contributed by atoms with van der Waals surface area (Å²) in [5.74, 6) is 1.49. The lowest BCUT2D eigenvalue weighted by Crippen LogP contribution is -2.32. The fourth-order valence-corrected chi connectivity index (χ4v) is 1.60. The molecule has 0 bridgehead atoms. The summed E-state index contributed by atoms with van der Waals surface area (Å²) in [5.41, 5.74) is 1.04. The van der Waals surface area contributed by atoms with Gasteiger partial charge >= 0.3 is 0 Å². The van der Waals surface area contributed by atoms with Crippen LogP contribution < -0.4 is 9.47 Å². The van der Waals surface area contributed by atoms with E-state index in [2.05, 4.69) is 6.58 Å². The first kappa shape index (κ1) is 13.6. The van der Waals surface area contributed by atoms with Crippen LogP contribution in [0, 0.1) is 0 Å². The largest absolute Gasteiger partial charge is 0.486 e. The molecule has 0 saturated heterocycles. The zero-order chi connectivity index (χ0) is 12.7. The van der Waals surface area contributed by atoms with Gasteiger partial charge in [0.1, 0.15) is 6.61 Å². The summed E-state index contributed by atoms with van der Waals surface area (Å²) in [7, 11) is 0. The number of rotatable bonds is 3. The van der Waals surface area contributed by atoms with E-state index in [0.29, 0.717) is 6.61 Å². The lowest BCUT2D eigenvalue weighted by atomic mass is 10.1. The first-order chi connectivity index (χ1) is 8.35. The Balaban J connectivity index is 0.000000686. The average molecular weight is 236 g/mol. The van der Waals surface area contributed by atoms with Gasteiger partial charge in [0.2, 0.25) is 0 Å². The highest BCUT2D eigenvalue weighted by Gasteiger charge is 2.22. The normalized spacial score (nSPS) is 16.8. The van der Waals surface area contributed by atoms with Gasteiger partial charge in [0, 0.05) is 5.56 Å². The number of allylic oxidation sites excluding steroid dienone is 1. The highest BCUT2D eigenvalue weighted by atomic mass is 16.6. The molecular weight excluding hydrogens is 216 g/mol. The van der Waals surface area contributed by atoms with Crippen LogP contribution in [0.3, 0.4) is 0 Å². The quantitative estimate of drug-likeness (QED) is 0.820. The summed E-state index contributed by atoms with van der Waals surface area (Å²) in [6.45, 7) is 8.08. The zero-order valence-corrected chi connectivity index (χ0v) is 10.5. The van der Waals surface area contributed by atoms with E-state index >= 15 is 0 Å². The van der Waals surface area contributed by atoms with Crippen molar-refractivity contribution in [3.63, 3.8) is 0 Å². The van der Waals surface area contributed by atoms with Crippen LogP contribution in [0.15, 0.2) is 30.9 Å². The number of aliphatic hydroxyl groups excluding tert-OH is 1. The van der Waals surface area contributed by atoms with Crippen LogP contribution in [0.5, 0.6) is 11.5 Å². The molecule has 0 spiro atoms. The lowest BCUT2D eigenvalue weighted by Gasteiger charge is -2.26. The van der Waals surface area contributed by atoms with E-state index in [1.807, 2.05) is 38.1 Å². The van der Waals surface area contributed by atoms with Crippen LogP contribution in [0.25, 0.3) is 0 Å². The Labute approximate surface area is 103 Å². The van der Waals surface area contributed by atoms with Crippen LogP contribution in [-0.4, -0.2) is 24.4 Å². The summed E-state index contributed by atoms with van der Waals surface area (Å²) >= 11 is 0. The minimum Gasteiger partial charge on any atom is -0.486 e. The number of para-hydroxylation sites is 1. The lowest BCUT2D eigenvalue weighted by molar-refractivity contribution is 0.0448. The topological polar surface area (TPSA) is 38.7 Å². The van der Waals surface area contributed by atoms with E-state index in [9.17, 15) is 0 Å². The minimum absolute atomic E-state index is 0.0259. The van der Waals surface area contributed by atoms with Crippen molar-refractivity contribution >= 4 is 0 Å². The molecule has 1 unspecified atom stereocenters. The van der Waals surface area contributed by atoms with Crippen molar-refractivity contribution in [1.29, 1.82) is 0 Å². The highest BCUT2D eigenvalue weighted by Crippen LogP contribution is 2.35. The first-order valence-corrected chi connectivity index (χ1v) is 5.98. The molecule has 0 aliphatic carbocycles. The third kappa shape index (κ3) is 3.24. The second-order valence-corrected chi connectivity index (χ2v) is 3.47. The molecule has 3 heteroatoms. The molecule has 3 nitrogen and oxygen atoms in total. The molecule has 0 saturated carbocycles. The number of hydrogen-bond acceptors (Lipinski definition) is 3. The number of ether oxygens (including phenoxy) is 2. The SMILES string of the molecule is C=CCc1cccc2c1OC(CO)CO2.CC. The Hall–Kier alpha value is -1.48. The third-order valence-corrected chi connectivity index (χ3v) is 2.34. The molecule has 1 aliphatic rings. The molecule has 1 aromatic carbocycles. The van der Waals surface area contributed by atoms with Crippen LogP contribution in [-0.2, 0) is 6.42 Å². The number of aliphatic hydroxyl groups is 1. The first-order valence-electron chi connectivity index (χ1n) is 5.98. The Morgan fingerprint density at radius 1 is 1.47 bits per heavy atom. The van der Waals surface area contributed by atoms with E-state index in [4.69, 9.17) is 14.6 Å². The van der Waals surface area contributed by atoms with Crippen molar-refractivity contribution in [3.05, 3.63) is 36.4 Å². The molecule has 1 aliphatic heterocycles. The second-order valence-electron chi connectivity index (χ2n) is 3.47. The van der Waals surface area contributed by atoms with Crippen molar-refractivity contribution in [2.45, 2.75) is 26.4 Å². The molecule has 0 aromatic heterocycles. The predicted octanol–water partition coefficient (Wildman–Crippen LogP) is 2.57. The molecule has 0 radical (unpaired) electrons. The Bertz CT molecular complexity index is 360. The summed E-state index contributed by atoms with van der Waals surface area (Å²) in [5, 5.41) is 9.01. The van der Waals surface area contributed by atoms with Crippen LogP contribution in [0.4, 0.5) is 0 Å². The number of benzene rings is 1. The molecule has 94 valence electrons. The average Bonchev–Trinajstić information content (AvgIpc) is 2.41. The predicted molar refractivity (Wildman–Crippen MR) is 68.7 cm³/mol. The van der Waals surface area contributed by atoms with Crippen molar-refractivity contribution in [3.8, 4) is 11.5 Å². The highest BCUT2D eigenvalue weighted by molar-refractivity contribution is 5.48. The third-order valence-electron chi connectivity index (χ3n) is 2.34. The molecular formula is C14H20O3. The maximum atomic E-state index is 9.01. The zero-order valence-electron chi connectivity index (χ0n) is 10.5. The van der Waals surface area contributed by atoms with Crippen LogP contribution in [0.2, 0.25) is 0 Å². The van der Waals surface area contributed by atoms with Crippen molar-refractivity contribution in [2.75, 3.05) is 13.2 Å². The molecule has 1 heterocycles. The minimum atomic E-state index is -0.261. The molecule has 1 aromatic rings. The fourth-order valence-electron chi connectivity index (χ4n) is 1.60. The summed E-state index contributed by atoms with van der Waals surface area (Å²) in [4.78, 5) is 0. The van der Waals surface area contributed by atoms with E-state index in [1.165, 1.54) is 0 Å². The van der Waals surface area contributed by atoms with E-state index in [1.54, 1.807) is 0 Å². The summed E-state index contributed by atoms with van der Waals surface area (Å²) < 4.78 is 11.1. The van der Waals surface area contributed by atoms with Gasteiger partial charge in [-0.2, -0.15) is 0 Å². The van der Waals surface area contributed by atoms with Gasteiger partial charge in [0.15, 0.2) is 17.6 Å². The molecule has 1 atom stereocenters. The van der Waals surface area contributed by atoms with Gasteiger partial charge in [-0.15, -0.1) is 6.58 Å². The molecule has 17 heavy (non-hydrogen) atoms. The Morgan fingerprint density at radius 2 is 2.24 bits per heavy atom. The molecule has 1 N–H and O–H groups in total. The fraction of sp³-hybridized carbons (Fsp3) is 0.429. The van der Waals surface area contributed by atoms with Gasteiger partial charge in [-0.05, 0) is 12.5 Å². The smallest absolute Gasteiger partial charge is 0.165 e. The number of fused-ring (bicyclic) bond motifs is 1. The Morgan fingerprint density at radius 3 is 2.88 bits per heavy atom. The maximum Gasteiger partial charge on any atom is 0.165 e. The van der Waals surface area contributed by atoms with E-state index in [-0.39, 0.29) is 12.7 Å². The molecule has 0 amide bonds. The van der Waals surface area contributed by atoms with Crippen LogP contribution >= 0.6 is 0 Å². The van der Waals surface area contributed by atoms with Gasteiger partial charge in [-0.25, -0.2) is 0 Å². The van der Waals surface area contributed by atoms with Crippen LogP contribution in [0.1, 0.15) is 19.4 Å².